The van der Waals surface area contributed by atoms with Gasteiger partial charge in [0, 0.05) is 16.9 Å². The quantitative estimate of drug-likeness (QED) is 0.193. The largest absolute Gasteiger partial charge is 0.372 e. The van der Waals surface area contributed by atoms with Crippen LogP contribution in [-0.2, 0) is 5.41 Å². The smallest absolute Gasteiger partial charge is 0.0947 e. The lowest BCUT2D eigenvalue weighted by molar-refractivity contribution is 0.667. The van der Waals surface area contributed by atoms with Crippen molar-refractivity contribution in [2.45, 2.75) is 30.7 Å². The van der Waals surface area contributed by atoms with Gasteiger partial charge in [-0.3, -0.25) is 0 Å². The third-order valence-corrected chi connectivity index (χ3v) is 12.4. The molecule has 55 heavy (non-hydrogen) atoms. The standard InChI is InChI=1S/C53H40N2/c1-5-15-35(16-6-1)45-33-39-19-13-14-24-43(39)50-49(45)44-30-27-40(34-46(44)53(50,41-20-9-3-10-21-41)42-22-11-4-12-23-42)48-32-29-38-26-25-37-28-31-47(36-17-7-2-8-18-36)54-51(37)52(38)55-48/h1-11,13-22,24-32,34,39,47,54H,12,23,33H2. The summed E-state index contributed by atoms with van der Waals surface area (Å²) in [5, 5.41) is 4.98. The summed E-state index contributed by atoms with van der Waals surface area (Å²) in [4.78, 5) is 5.50. The minimum Gasteiger partial charge on any atom is -0.372 e. The molecule has 1 N–H and O–H groups in total. The molecule has 1 aromatic heterocycles. The average Bonchev–Trinajstić information content (AvgIpc) is 3.58. The zero-order valence-electron chi connectivity index (χ0n) is 30.6. The Bertz CT molecular complexity index is 2740. The van der Waals surface area contributed by atoms with Crippen LogP contribution in [0.25, 0.3) is 39.4 Å². The van der Waals surface area contributed by atoms with Crippen molar-refractivity contribution < 1.29 is 0 Å². The molecule has 2 heteroatoms. The van der Waals surface area contributed by atoms with Crippen LogP contribution < -0.4 is 5.32 Å². The number of aromatic nitrogens is 1. The van der Waals surface area contributed by atoms with Gasteiger partial charge in [0.25, 0.3) is 0 Å². The molecule has 2 nitrogen and oxygen atoms in total. The highest BCUT2D eigenvalue weighted by atomic mass is 14.9. The summed E-state index contributed by atoms with van der Waals surface area (Å²) in [6.45, 7) is 0. The van der Waals surface area contributed by atoms with Gasteiger partial charge in [-0.1, -0.05) is 182 Å². The van der Waals surface area contributed by atoms with Crippen LogP contribution in [0.4, 0.5) is 5.69 Å². The zero-order chi connectivity index (χ0) is 36.3. The van der Waals surface area contributed by atoms with Gasteiger partial charge in [0.05, 0.1) is 28.4 Å². The number of hydrogen-bond donors (Lipinski definition) is 1. The second kappa shape index (κ2) is 12.8. The van der Waals surface area contributed by atoms with E-state index in [1.165, 1.54) is 61.2 Å². The first kappa shape index (κ1) is 32.0. The second-order valence-corrected chi connectivity index (χ2v) is 15.3. The van der Waals surface area contributed by atoms with Crippen LogP contribution in [0, 0.1) is 5.92 Å². The van der Waals surface area contributed by atoms with Crippen molar-refractivity contribution in [1.29, 1.82) is 0 Å². The van der Waals surface area contributed by atoms with Crippen LogP contribution in [-0.4, -0.2) is 4.98 Å². The molecule has 0 bridgehead atoms. The van der Waals surface area contributed by atoms with Gasteiger partial charge in [0.2, 0.25) is 0 Å². The average molecular weight is 705 g/mol. The van der Waals surface area contributed by atoms with Crippen molar-refractivity contribution >= 4 is 33.8 Å². The van der Waals surface area contributed by atoms with Crippen LogP contribution >= 0.6 is 0 Å². The predicted molar refractivity (Wildman–Crippen MR) is 229 cm³/mol. The van der Waals surface area contributed by atoms with E-state index in [9.17, 15) is 0 Å². The molecule has 262 valence electrons. The summed E-state index contributed by atoms with van der Waals surface area (Å²) in [5.41, 5.74) is 18.7. The molecule has 0 fully saturated rings. The first-order chi connectivity index (χ1) is 27.3. The van der Waals surface area contributed by atoms with Crippen molar-refractivity contribution in [3.63, 3.8) is 0 Å². The van der Waals surface area contributed by atoms with Crippen molar-refractivity contribution in [3.05, 3.63) is 232 Å². The Morgan fingerprint density at radius 2 is 1.49 bits per heavy atom. The van der Waals surface area contributed by atoms with E-state index < -0.39 is 5.41 Å². The molecular formula is C53H40N2. The first-order valence-electron chi connectivity index (χ1n) is 19.7. The fraction of sp³-hybridized carbons (Fsp3) is 0.113. The van der Waals surface area contributed by atoms with Gasteiger partial charge in [-0.2, -0.15) is 0 Å². The summed E-state index contributed by atoms with van der Waals surface area (Å²) < 4.78 is 0. The fourth-order valence-electron chi connectivity index (χ4n) is 9.95. The molecule has 2 heterocycles. The molecule has 0 radical (unpaired) electrons. The second-order valence-electron chi connectivity index (χ2n) is 15.3. The molecular weight excluding hydrogens is 665 g/mol. The molecule has 3 unspecified atom stereocenters. The molecule has 6 aromatic rings. The minimum absolute atomic E-state index is 0.0894. The van der Waals surface area contributed by atoms with Gasteiger partial charge >= 0.3 is 0 Å². The molecule has 11 rings (SSSR count). The maximum absolute atomic E-state index is 5.50. The van der Waals surface area contributed by atoms with E-state index in [0.29, 0.717) is 5.92 Å². The molecule has 0 amide bonds. The highest BCUT2D eigenvalue weighted by molar-refractivity contribution is 6.08. The monoisotopic (exact) mass is 704 g/mol. The SMILES string of the molecule is C1=CCCC(C2(c3ccccc3)C3=C4C=CC=CC4CC(c4ccccc4)=C3c3ccc(-c4ccc5ccc6c(c5n4)NC(c4ccccc4)C=C6)cc32)=C1. The number of nitrogens with one attached hydrogen (secondary N) is 1. The summed E-state index contributed by atoms with van der Waals surface area (Å²) >= 11 is 0. The summed E-state index contributed by atoms with van der Waals surface area (Å²) in [6, 6.07) is 49.3. The lowest BCUT2D eigenvalue weighted by Crippen LogP contribution is -2.33. The van der Waals surface area contributed by atoms with E-state index in [2.05, 4.69) is 193 Å². The van der Waals surface area contributed by atoms with Gasteiger partial charge in [-0.05, 0) is 87.1 Å². The third kappa shape index (κ3) is 4.98. The Hall–Kier alpha value is -6.51. The lowest BCUT2D eigenvalue weighted by Gasteiger charge is -2.41. The van der Waals surface area contributed by atoms with E-state index >= 15 is 0 Å². The van der Waals surface area contributed by atoms with Gasteiger partial charge in [-0.15, -0.1) is 0 Å². The normalized spacial score (nSPS) is 21.9. The number of benzene rings is 5. The van der Waals surface area contributed by atoms with Crippen molar-refractivity contribution in [2.24, 2.45) is 5.92 Å². The molecule has 0 saturated heterocycles. The van der Waals surface area contributed by atoms with E-state index in [4.69, 9.17) is 4.98 Å². The van der Waals surface area contributed by atoms with Gasteiger partial charge < -0.3 is 5.32 Å². The van der Waals surface area contributed by atoms with E-state index in [0.717, 1.165) is 47.1 Å². The molecule has 0 saturated carbocycles. The number of nitrogens with zero attached hydrogens (tertiary/aromatic N) is 1. The Morgan fingerprint density at radius 3 is 2.31 bits per heavy atom. The summed E-state index contributed by atoms with van der Waals surface area (Å²) in [6.07, 6.45) is 23.8. The number of fused-ring (bicyclic) bond motifs is 7. The first-order valence-corrected chi connectivity index (χ1v) is 19.7. The zero-order valence-corrected chi connectivity index (χ0v) is 30.6. The number of pyridine rings is 1. The maximum atomic E-state index is 5.50. The Kier molecular flexibility index (Phi) is 7.45. The van der Waals surface area contributed by atoms with Crippen LogP contribution in [0.15, 0.2) is 199 Å². The van der Waals surface area contributed by atoms with E-state index in [1.807, 2.05) is 0 Å². The Labute approximate surface area is 323 Å². The van der Waals surface area contributed by atoms with Crippen LogP contribution in [0.5, 0.6) is 0 Å². The Balaban J connectivity index is 1.17. The molecule has 3 atom stereocenters. The Morgan fingerprint density at radius 1 is 0.691 bits per heavy atom. The highest BCUT2D eigenvalue weighted by Gasteiger charge is 2.53. The summed E-state index contributed by atoms with van der Waals surface area (Å²) in [7, 11) is 0. The molecule has 5 aromatic carbocycles. The maximum Gasteiger partial charge on any atom is 0.0947 e. The number of hydrogen-bond acceptors (Lipinski definition) is 2. The van der Waals surface area contributed by atoms with Crippen molar-refractivity contribution in [1.82, 2.24) is 4.98 Å². The van der Waals surface area contributed by atoms with E-state index in [1.54, 1.807) is 0 Å². The number of allylic oxidation sites excluding steroid dienone is 12. The topological polar surface area (TPSA) is 24.9 Å². The third-order valence-electron chi connectivity index (χ3n) is 12.4. The highest BCUT2D eigenvalue weighted by Crippen LogP contribution is 2.64. The van der Waals surface area contributed by atoms with Gasteiger partial charge in [0.1, 0.15) is 0 Å². The summed E-state index contributed by atoms with van der Waals surface area (Å²) in [5.74, 6) is 0.310. The molecule has 1 aliphatic heterocycles. The fourth-order valence-corrected chi connectivity index (χ4v) is 9.95. The number of anilines is 1. The molecule has 0 spiro atoms. The molecule has 4 aliphatic carbocycles. The van der Waals surface area contributed by atoms with Gasteiger partial charge in [-0.25, -0.2) is 4.98 Å². The van der Waals surface area contributed by atoms with Crippen LogP contribution in [0.3, 0.4) is 0 Å². The van der Waals surface area contributed by atoms with Crippen LogP contribution in [0.2, 0.25) is 0 Å². The molecule has 5 aliphatic rings. The van der Waals surface area contributed by atoms with Crippen molar-refractivity contribution in [2.75, 3.05) is 5.32 Å². The number of rotatable bonds is 5. The minimum atomic E-state index is -0.457. The lowest BCUT2D eigenvalue weighted by atomic mass is 9.61. The van der Waals surface area contributed by atoms with Gasteiger partial charge in [0.15, 0.2) is 0 Å². The van der Waals surface area contributed by atoms with Crippen LogP contribution in [0.1, 0.15) is 58.7 Å². The van der Waals surface area contributed by atoms with E-state index in [-0.39, 0.29) is 6.04 Å². The van der Waals surface area contributed by atoms with Crippen molar-refractivity contribution in [3.8, 4) is 11.3 Å². The predicted octanol–water partition coefficient (Wildman–Crippen LogP) is 13.0.